The van der Waals surface area contributed by atoms with Gasteiger partial charge in [0.05, 0.1) is 0 Å². The van der Waals surface area contributed by atoms with Crippen LogP contribution in [-0.4, -0.2) is 28.6 Å². The number of nitrogens with two attached hydrogens (primary N) is 1. The van der Waals surface area contributed by atoms with E-state index in [1.807, 2.05) is 0 Å². The minimum Gasteiger partial charge on any atom is -0.356 e. The molecule has 1 heterocycles. The molecule has 0 unspecified atom stereocenters. The van der Waals surface area contributed by atoms with E-state index in [-0.39, 0.29) is 11.6 Å². The molecule has 0 aromatic carbocycles. The molecule has 0 bridgehead atoms. The largest absolute Gasteiger partial charge is 0.356 e. The molecule has 0 atom stereocenters. The predicted octanol–water partition coefficient (Wildman–Crippen LogP) is -0.359. The third kappa shape index (κ3) is 1.90. The molecule has 0 aliphatic carbocycles. The zero-order valence-corrected chi connectivity index (χ0v) is 8.91. The first-order valence-corrected chi connectivity index (χ1v) is 4.43. The Morgan fingerprint density at radius 1 is 1.53 bits per heavy atom. The van der Waals surface area contributed by atoms with Crippen LogP contribution in [0, 0.1) is 0 Å². The molecular weight excluding hydrogens is 201 g/mol. The van der Waals surface area contributed by atoms with E-state index in [0.717, 1.165) is 4.68 Å². The van der Waals surface area contributed by atoms with Crippen molar-refractivity contribution in [2.75, 3.05) is 24.9 Å². The number of anilines is 1. The highest BCUT2D eigenvalue weighted by Gasteiger charge is 2.27. The van der Waals surface area contributed by atoms with Gasteiger partial charge in [0.2, 0.25) is 5.95 Å². The Bertz CT molecular complexity index is 414. The highest BCUT2D eigenvalue weighted by molar-refractivity contribution is 5.24. The van der Waals surface area contributed by atoms with E-state index in [0.29, 0.717) is 0 Å². The minimum absolute atomic E-state index is 0.0199. The van der Waals surface area contributed by atoms with Gasteiger partial charge in [0, 0.05) is 12.5 Å². The van der Waals surface area contributed by atoms with Crippen LogP contribution in [0.1, 0.15) is 19.5 Å². The van der Waals surface area contributed by atoms with E-state index >= 15 is 0 Å². The number of aromatic nitrogens is 3. The van der Waals surface area contributed by atoms with Crippen LogP contribution < -0.4 is 16.7 Å². The number of nitrogens with zero attached hydrogens (tertiary/aromatic N) is 3. The molecule has 0 radical (unpaired) electrons. The number of rotatable bonds is 3. The average Bonchev–Trinajstić information content (AvgIpc) is 2.21. The highest BCUT2D eigenvalue weighted by atomic mass is 19.1. The number of nitrogen functional groups attached to an aromatic ring is 1. The minimum atomic E-state index is -0.975. The van der Waals surface area contributed by atoms with E-state index < -0.39 is 17.6 Å². The summed E-state index contributed by atoms with van der Waals surface area (Å²) < 4.78 is 13.5. The molecule has 15 heavy (non-hydrogen) atoms. The van der Waals surface area contributed by atoms with Gasteiger partial charge in [0.1, 0.15) is 12.4 Å². The van der Waals surface area contributed by atoms with Crippen molar-refractivity contribution >= 4 is 5.95 Å². The number of halogens is 1. The van der Waals surface area contributed by atoms with E-state index in [2.05, 4.69) is 15.5 Å². The first-order valence-electron chi connectivity index (χ1n) is 4.43. The molecule has 0 spiro atoms. The van der Waals surface area contributed by atoms with Gasteiger partial charge in [0.25, 0.3) is 5.56 Å². The summed E-state index contributed by atoms with van der Waals surface area (Å²) >= 11 is 0. The van der Waals surface area contributed by atoms with Gasteiger partial charge in [-0.05, 0) is 0 Å². The van der Waals surface area contributed by atoms with Crippen molar-refractivity contribution in [3.05, 3.63) is 16.0 Å². The van der Waals surface area contributed by atoms with E-state index in [1.165, 1.54) is 0 Å². The summed E-state index contributed by atoms with van der Waals surface area (Å²) in [5, 5.41) is 9.97. The van der Waals surface area contributed by atoms with Crippen LogP contribution in [-0.2, 0) is 5.41 Å². The topological polar surface area (TPSA) is 85.8 Å². The number of alkyl halides is 1. The fourth-order valence-electron chi connectivity index (χ4n) is 1.06. The van der Waals surface area contributed by atoms with E-state index in [4.69, 9.17) is 5.84 Å². The van der Waals surface area contributed by atoms with Crippen LogP contribution in [0.2, 0.25) is 0 Å². The smallest absolute Gasteiger partial charge is 0.296 e. The second kappa shape index (κ2) is 3.84. The Balaban J connectivity index is 3.37. The lowest BCUT2D eigenvalue weighted by molar-refractivity contribution is 0.338. The summed E-state index contributed by atoms with van der Waals surface area (Å²) in [7, 11) is 1.56. The summed E-state index contributed by atoms with van der Waals surface area (Å²) in [6.07, 6.45) is 0. The van der Waals surface area contributed by atoms with Crippen molar-refractivity contribution in [2.24, 2.45) is 0 Å². The van der Waals surface area contributed by atoms with Gasteiger partial charge >= 0.3 is 0 Å². The SMILES string of the molecule is CNc1nnc(C(C)(C)CF)c(=O)n1N. The Morgan fingerprint density at radius 2 is 2.13 bits per heavy atom. The third-order valence-corrected chi connectivity index (χ3v) is 2.09. The molecule has 3 N–H and O–H groups in total. The zero-order chi connectivity index (χ0) is 11.6. The molecule has 0 aliphatic heterocycles. The van der Waals surface area contributed by atoms with Crippen LogP contribution in [0.25, 0.3) is 0 Å². The fourth-order valence-corrected chi connectivity index (χ4v) is 1.06. The van der Waals surface area contributed by atoms with Gasteiger partial charge in [-0.15, -0.1) is 10.2 Å². The summed E-state index contributed by atoms with van der Waals surface area (Å²) in [6, 6.07) is 0. The zero-order valence-electron chi connectivity index (χ0n) is 8.91. The van der Waals surface area contributed by atoms with Gasteiger partial charge in [-0.3, -0.25) is 9.18 Å². The maximum atomic E-state index is 12.7. The molecule has 84 valence electrons. The van der Waals surface area contributed by atoms with Crippen molar-refractivity contribution in [2.45, 2.75) is 19.3 Å². The van der Waals surface area contributed by atoms with Crippen molar-refractivity contribution in [1.82, 2.24) is 14.9 Å². The van der Waals surface area contributed by atoms with Crippen molar-refractivity contribution in [3.8, 4) is 0 Å². The van der Waals surface area contributed by atoms with Crippen LogP contribution >= 0.6 is 0 Å². The van der Waals surface area contributed by atoms with Gasteiger partial charge < -0.3 is 11.2 Å². The maximum Gasteiger partial charge on any atom is 0.296 e. The summed E-state index contributed by atoms with van der Waals surface area (Å²) in [6.45, 7) is 2.44. The first-order chi connectivity index (χ1) is 6.94. The van der Waals surface area contributed by atoms with Crippen LogP contribution in [0.4, 0.5) is 10.3 Å². The molecular formula is C8H14FN5O. The lowest BCUT2D eigenvalue weighted by Gasteiger charge is -2.18. The molecule has 6 nitrogen and oxygen atoms in total. The molecule has 1 aromatic rings. The van der Waals surface area contributed by atoms with Crippen LogP contribution in [0.3, 0.4) is 0 Å². The van der Waals surface area contributed by atoms with Crippen LogP contribution in [0.5, 0.6) is 0 Å². The second-order valence-electron chi connectivity index (χ2n) is 3.81. The van der Waals surface area contributed by atoms with Crippen molar-refractivity contribution in [1.29, 1.82) is 0 Å². The standard InChI is InChI=1S/C8H14FN5O/c1-8(2,4-9)5-6(15)14(10)7(11-3)13-12-5/h4,10H2,1-3H3,(H,11,13). The maximum absolute atomic E-state index is 12.7. The molecule has 0 aliphatic rings. The molecule has 0 amide bonds. The Morgan fingerprint density at radius 3 is 2.60 bits per heavy atom. The summed E-state index contributed by atoms with van der Waals surface area (Å²) in [4.78, 5) is 11.7. The van der Waals surface area contributed by atoms with Gasteiger partial charge in [-0.25, -0.2) is 0 Å². The Kier molecular flexibility index (Phi) is 2.92. The van der Waals surface area contributed by atoms with E-state index in [1.54, 1.807) is 20.9 Å². The van der Waals surface area contributed by atoms with Crippen LogP contribution in [0.15, 0.2) is 4.79 Å². The monoisotopic (exact) mass is 215 g/mol. The first kappa shape index (κ1) is 11.4. The number of hydrogen-bond donors (Lipinski definition) is 2. The molecule has 0 saturated heterocycles. The molecule has 1 aromatic heterocycles. The molecule has 0 saturated carbocycles. The Labute approximate surface area is 86.3 Å². The van der Waals surface area contributed by atoms with Gasteiger partial charge in [0.15, 0.2) is 0 Å². The van der Waals surface area contributed by atoms with Gasteiger partial charge in [-0.1, -0.05) is 13.8 Å². The predicted molar refractivity (Wildman–Crippen MR) is 55.0 cm³/mol. The van der Waals surface area contributed by atoms with E-state index in [9.17, 15) is 9.18 Å². The highest BCUT2D eigenvalue weighted by Crippen LogP contribution is 2.17. The second-order valence-corrected chi connectivity index (χ2v) is 3.81. The summed E-state index contributed by atoms with van der Waals surface area (Å²) in [5.41, 5.74) is -1.50. The van der Waals surface area contributed by atoms with Gasteiger partial charge in [-0.2, -0.15) is 4.68 Å². The number of nitrogens with one attached hydrogen (secondary N) is 1. The average molecular weight is 215 g/mol. The quantitative estimate of drug-likeness (QED) is 0.672. The molecule has 7 heteroatoms. The fraction of sp³-hybridized carbons (Fsp3) is 0.625. The summed E-state index contributed by atoms with van der Waals surface area (Å²) in [5.74, 6) is 5.60. The Hall–Kier alpha value is -1.66. The number of hydrogen-bond acceptors (Lipinski definition) is 5. The lowest BCUT2D eigenvalue weighted by Crippen LogP contribution is -2.40. The molecule has 0 fully saturated rings. The normalized spacial score (nSPS) is 11.5. The lowest BCUT2D eigenvalue weighted by atomic mass is 9.91. The van der Waals surface area contributed by atoms with Crippen molar-refractivity contribution < 1.29 is 4.39 Å². The molecule has 1 rings (SSSR count). The van der Waals surface area contributed by atoms with Crippen molar-refractivity contribution in [3.63, 3.8) is 0 Å². The third-order valence-electron chi connectivity index (χ3n) is 2.09.